The van der Waals surface area contributed by atoms with Crippen molar-refractivity contribution in [3.63, 3.8) is 0 Å². The third-order valence-corrected chi connectivity index (χ3v) is 4.98. The van der Waals surface area contributed by atoms with E-state index in [-0.39, 0.29) is 23.5 Å². The third-order valence-electron chi connectivity index (χ3n) is 3.93. The van der Waals surface area contributed by atoms with Crippen LogP contribution in [0.5, 0.6) is 0 Å². The lowest BCUT2D eigenvalue weighted by Crippen LogP contribution is -2.18. The van der Waals surface area contributed by atoms with Gasteiger partial charge in [-0.15, -0.1) is 0 Å². The molecule has 3 rings (SSSR count). The van der Waals surface area contributed by atoms with Gasteiger partial charge >= 0.3 is 0 Å². The number of anilines is 2. The zero-order chi connectivity index (χ0) is 18.0. The summed E-state index contributed by atoms with van der Waals surface area (Å²) in [6.45, 7) is 3.63. The van der Waals surface area contributed by atoms with Crippen molar-refractivity contribution < 1.29 is 14.4 Å². The Bertz CT molecular complexity index is 825. The molecule has 0 radical (unpaired) electrons. The van der Waals surface area contributed by atoms with Gasteiger partial charge in [-0.2, -0.15) is 0 Å². The summed E-state index contributed by atoms with van der Waals surface area (Å²) in [6, 6.07) is 6.66. The number of nitrogens with one attached hydrogen (secondary N) is 2. The van der Waals surface area contributed by atoms with Crippen LogP contribution in [0.3, 0.4) is 0 Å². The van der Waals surface area contributed by atoms with Crippen molar-refractivity contribution in [2.45, 2.75) is 33.1 Å². The van der Waals surface area contributed by atoms with E-state index < -0.39 is 0 Å². The van der Waals surface area contributed by atoms with Gasteiger partial charge in [0.25, 0.3) is 5.91 Å². The number of hydrogen-bond acceptors (Lipinski definition) is 5. The average molecular weight is 357 g/mol. The van der Waals surface area contributed by atoms with Crippen molar-refractivity contribution in [1.82, 2.24) is 4.98 Å². The maximum absolute atomic E-state index is 12.3. The van der Waals surface area contributed by atoms with E-state index in [9.17, 15) is 14.4 Å². The molecule has 0 unspecified atom stereocenters. The van der Waals surface area contributed by atoms with E-state index >= 15 is 0 Å². The first-order chi connectivity index (χ1) is 11.9. The summed E-state index contributed by atoms with van der Waals surface area (Å²) < 4.78 is 0. The van der Waals surface area contributed by atoms with E-state index in [0.717, 1.165) is 18.5 Å². The minimum Gasteiger partial charge on any atom is -0.326 e. The number of carbonyl (C=O) groups is 3. The van der Waals surface area contributed by atoms with Crippen LogP contribution < -0.4 is 10.6 Å². The predicted octanol–water partition coefficient (Wildman–Crippen LogP) is 3.51. The second kappa shape index (κ2) is 7.14. The summed E-state index contributed by atoms with van der Waals surface area (Å²) in [5, 5.41) is 5.97. The summed E-state index contributed by atoms with van der Waals surface area (Å²) in [5.41, 5.74) is 1.89. The molecule has 2 amide bonds. The molecule has 0 fully saturated rings. The maximum Gasteiger partial charge on any atom is 0.257 e. The first-order valence-corrected chi connectivity index (χ1v) is 9.01. The van der Waals surface area contributed by atoms with E-state index in [1.165, 1.54) is 11.3 Å². The van der Waals surface area contributed by atoms with Crippen molar-refractivity contribution in [1.29, 1.82) is 0 Å². The number of rotatable bonds is 4. The first kappa shape index (κ1) is 17.3. The van der Waals surface area contributed by atoms with Crippen LogP contribution in [-0.2, 0) is 11.2 Å². The van der Waals surface area contributed by atoms with E-state index in [1.54, 1.807) is 24.3 Å². The molecule has 0 bridgehead atoms. The molecule has 1 heterocycles. The molecule has 0 saturated heterocycles. The second-order valence-corrected chi connectivity index (χ2v) is 7.25. The number of ketones is 1. The molecule has 6 nitrogen and oxygen atoms in total. The number of amides is 2. The molecule has 130 valence electrons. The molecule has 0 spiro atoms. The molecule has 25 heavy (non-hydrogen) atoms. The first-order valence-electron chi connectivity index (χ1n) is 8.19. The topological polar surface area (TPSA) is 88.2 Å². The van der Waals surface area contributed by atoms with Crippen LogP contribution in [-0.4, -0.2) is 22.6 Å². The standard InChI is InChI=1S/C18H19N3O3S/c1-10(2)16(23)19-12-8-6-11(7-9-12)17(24)21-18-20-13-4-3-5-14(22)15(13)25-18/h6-10H,3-5H2,1-2H3,(H,19,23)(H,20,21,24). The van der Waals surface area contributed by atoms with E-state index in [2.05, 4.69) is 15.6 Å². The number of hydrogen-bond donors (Lipinski definition) is 2. The summed E-state index contributed by atoms with van der Waals surface area (Å²) in [5.74, 6) is -0.373. The summed E-state index contributed by atoms with van der Waals surface area (Å²) in [7, 11) is 0. The summed E-state index contributed by atoms with van der Waals surface area (Å²) in [6.07, 6.45) is 2.14. The highest BCUT2D eigenvalue weighted by atomic mass is 32.1. The van der Waals surface area contributed by atoms with Crippen molar-refractivity contribution in [3.8, 4) is 0 Å². The summed E-state index contributed by atoms with van der Waals surface area (Å²) in [4.78, 5) is 40.9. The Morgan fingerprint density at radius 2 is 1.84 bits per heavy atom. The number of aromatic nitrogens is 1. The fraction of sp³-hybridized carbons (Fsp3) is 0.333. The largest absolute Gasteiger partial charge is 0.326 e. The van der Waals surface area contributed by atoms with E-state index in [1.807, 2.05) is 13.8 Å². The highest BCUT2D eigenvalue weighted by molar-refractivity contribution is 7.17. The molecule has 0 aliphatic heterocycles. The molecule has 1 aliphatic rings. The fourth-order valence-electron chi connectivity index (χ4n) is 2.48. The number of nitrogens with zero attached hydrogens (tertiary/aromatic N) is 1. The van der Waals surface area contributed by atoms with Gasteiger partial charge in [-0.1, -0.05) is 25.2 Å². The lowest BCUT2D eigenvalue weighted by molar-refractivity contribution is -0.118. The third kappa shape index (κ3) is 3.93. The van der Waals surface area contributed by atoms with Gasteiger partial charge < -0.3 is 5.32 Å². The SMILES string of the molecule is CC(C)C(=O)Nc1ccc(C(=O)Nc2nc3c(s2)C(=O)CCC3)cc1. The molecule has 2 aromatic rings. The highest BCUT2D eigenvalue weighted by Crippen LogP contribution is 2.29. The predicted molar refractivity (Wildman–Crippen MR) is 97.2 cm³/mol. The normalized spacial score (nSPS) is 13.5. The highest BCUT2D eigenvalue weighted by Gasteiger charge is 2.23. The molecule has 2 N–H and O–H groups in total. The zero-order valence-electron chi connectivity index (χ0n) is 14.1. The van der Waals surface area contributed by atoms with Crippen LogP contribution in [0.25, 0.3) is 0 Å². The second-order valence-electron chi connectivity index (χ2n) is 6.25. The number of benzene rings is 1. The van der Waals surface area contributed by atoms with Gasteiger partial charge in [-0.3, -0.25) is 19.7 Å². The van der Waals surface area contributed by atoms with Gasteiger partial charge in [0.15, 0.2) is 10.9 Å². The minimum absolute atomic E-state index is 0.0739. The molecule has 0 atom stereocenters. The molecule has 1 aliphatic carbocycles. The van der Waals surface area contributed by atoms with Crippen LogP contribution in [0.1, 0.15) is 52.4 Å². The van der Waals surface area contributed by atoms with Gasteiger partial charge in [-0.05, 0) is 37.1 Å². The molecule has 1 aromatic heterocycles. The number of fused-ring (bicyclic) bond motifs is 1. The Hall–Kier alpha value is -2.54. The average Bonchev–Trinajstić information content (AvgIpc) is 2.99. The Labute approximate surface area is 149 Å². The Morgan fingerprint density at radius 1 is 1.12 bits per heavy atom. The van der Waals surface area contributed by atoms with Crippen LogP contribution in [0.4, 0.5) is 10.8 Å². The minimum atomic E-state index is -0.291. The Balaban J connectivity index is 1.67. The summed E-state index contributed by atoms with van der Waals surface area (Å²) >= 11 is 1.23. The van der Waals surface area contributed by atoms with Crippen molar-refractivity contribution >= 4 is 39.8 Å². The Kier molecular flexibility index (Phi) is 4.94. The van der Waals surface area contributed by atoms with Gasteiger partial charge in [0.2, 0.25) is 5.91 Å². The quantitative estimate of drug-likeness (QED) is 0.876. The lowest BCUT2D eigenvalue weighted by Gasteiger charge is -2.08. The van der Waals surface area contributed by atoms with Crippen LogP contribution in [0, 0.1) is 5.92 Å². The number of aryl methyl sites for hydroxylation is 1. The number of Topliss-reactive ketones (excluding diaryl/α,β-unsaturated/α-hetero) is 1. The van der Waals surface area contributed by atoms with Gasteiger partial charge in [0.1, 0.15) is 0 Å². The van der Waals surface area contributed by atoms with Crippen LogP contribution in [0.15, 0.2) is 24.3 Å². The van der Waals surface area contributed by atoms with Crippen LogP contribution in [0.2, 0.25) is 0 Å². The smallest absolute Gasteiger partial charge is 0.257 e. The molecule has 0 saturated carbocycles. The van der Waals surface area contributed by atoms with Crippen molar-refractivity contribution in [2.24, 2.45) is 5.92 Å². The van der Waals surface area contributed by atoms with Gasteiger partial charge in [0.05, 0.1) is 10.6 Å². The van der Waals surface area contributed by atoms with Gasteiger partial charge in [-0.25, -0.2) is 4.98 Å². The van der Waals surface area contributed by atoms with E-state index in [4.69, 9.17) is 0 Å². The molecule has 7 heteroatoms. The molecular formula is C18H19N3O3S. The van der Waals surface area contributed by atoms with Crippen molar-refractivity contribution in [2.75, 3.05) is 10.6 Å². The fourth-order valence-corrected chi connectivity index (χ4v) is 3.46. The number of carbonyl (C=O) groups excluding carboxylic acids is 3. The molecular weight excluding hydrogens is 338 g/mol. The monoisotopic (exact) mass is 357 g/mol. The Morgan fingerprint density at radius 3 is 2.48 bits per heavy atom. The zero-order valence-corrected chi connectivity index (χ0v) is 14.9. The van der Waals surface area contributed by atoms with E-state index in [0.29, 0.717) is 27.7 Å². The van der Waals surface area contributed by atoms with Crippen molar-refractivity contribution in [3.05, 3.63) is 40.4 Å². The number of thiazole rings is 1. The van der Waals surface area contributed by atoms with Gasteiger partial charge in [0, 0.05) is 23.6 Å². The maximum atomic E-state index is 12.3. The molecule has 1 aromatic carbocycles. The lowest BCUT2D eigenvalue weighted by atomic mass is 10.0. The van der Waals surface area contributed by atoms with Crippen LogP contribution >= 0.6 is 11.3 Å².